The number of alkyl halides is 3. The van der Waals surface area contributed by atoms with E-state index < -0.39 is 11.7 Å². The van der Waals surface area contributed by atoms with Gasteiger partial charge in [-0.15, -0.1) is 0 Å². The Kier molecular flexibility index (Phi) is 6.68. The molecule has 1 unspecified atom stereocenters. The van der Waals surface area contributed by atoms with Crippen molar-refractivity contribution in [1.82, 2.24) is 0 Å². The molecule has 2 rings (SSSR count). The van der Waals surface area contributed by atoms with Crippen LogP contribution < -0.4 is 0 Å². The fourth-order valence-electron chi connectivity index (χ4n) is 2.84. The highest BCUT2D eigenvalue weighted by Crippen LogP contribution is 2.32. The maximum atomic E-state index is 12.7. The average molecular weight is 373 g/mol. The molecule has 0 N–H and O–H groups in total. The zero-order valence-corrected chi connectivity index (χ0v) is 15.6. The Hall–Kier alpha value is -2.74. The van der Waals surface area contributed by atoms with Gasteiger partial charge in [-0.25, -0.2) is 0 Å². The second-order valence-electron chi connectivity index (χ2n) is 6.49. The first-order valence-electron chi connectivity index (χ1n) is 8.67. The van der Waals surface area contributed by atoms with E-state index in [2.05, 4.69) is 13.0 Å². The lowest BCUT2D eigenvalue weighted by Crippen LogP contribution is -2.04. The quantitative estimate of drug-likeness (QED) is 0.417. The summed E-state index contributed by atoms with van der Waals surface area (Å²) in [5.41, 5.74) is 2.67. The maximum Gasteiger partial charge on any atom is 0.416 e. The van der Waals surface area contributed by atoms with Crippen molar-refractivity contribution in [2.24, 2.45) is 0 Å². The SMILES string of the molecule is CO/C(C)=C(/C#N)CCC(C)c1cccc(-c2ccc(C(F)(F)F)cc2)c1. The van der Waals surface area contributed by atoms with Crippen LogP contribution in [0.15, 0.2) is 59.9 Å². The molecule has 0 amide bonds. The van der Waals surface area contributed by atoms with E-state index in [0.717, 1.165) is 35.2 Å². The van der Waals surface area contributed by atoms with Crippen LogP contribution in [0.5, 0.6) is 0 Å². The van der Waals surface area contributed by atoms with Crippen LogP contribution in [0.4, 0.5) is 13.2 Å². The fourth-order valence-corrected chi connectivity index (χ4v) is 2.84. The lowest BCUT2D eigenvalue weighted by Gasteiger charge is -2.14. The number of ether oxygens (including phenoxy) is 1. The maximum absolute atomic E-state index is 12.7. The number of benzene rings is 2. The van der Waals surface area contributed by atoms with Crippen molar-refractivity contribution in [2.75, 3.05) is 7.11 Å². The largest absolute Gasteiger partial charge is 0.500 e. The molecule has 1 atom stereocenters. The standard InChI is InChI=1S/C22H22F3NO/c1-15(7-8-20(14-26)16(2)27-3)18-5-4-6-19(13-18)17-9-11-21(12-10-17)22(23,24)25/h4-6,9-13,15H,7-8H2,1-3H3/b20-16+. The molecular formula is C22H22F3NO. The Balaban J connectivity index is 2.16. The van der Waals surface area contributed by atoms with E-state index in [4.69, 9.17) is 4.74 Å². The van der Waals surface area contributed by atoms with Gasteiger partial charge >= 0.3 is 6.18 Å². The molecule has 2 aromatic rings. The van der Waals surface area contributed by atoms with Crippen LogP contribution >= 0.6 is 0 Å². The molecule has 0 saturated carbocycles. The first-order chi connectivity index (χ1) is 12.8. The number of hydrogen-bond acceptors (Lipinski definition) is 2. The molecule has 27 heavy (non-hydrogen) atoms. The molecule has 0 aliphatic rings. The first kappa shape index (κ1) is 20.6. The third-order valence-electron chi connectivity index (χ3n) is 4.69. The second-order valence-corrected chi connectivity index (χ2v) is 6.49. The Morgan fingerprint density at radius 3 is 2.33 bits per heavy atom. The van der Waals surface area contributed by atoms with Gasteiger partial charge in [0, 0.05) is 0 Å². The van der Waals surface area contributed by atoms with E-state index in [-0.39, 0.29) is 5.92 Å². The molecule has 142 valence electrons. The van der Waals surface area contributed by atoms with Gasteiger partial charge in [0.1, 0.15) is 5.76 Å². The van der Waals surface area contributed by atoms with Crippen LogP contribution in [0.1, 0.15) is 43.7 Å². The topological polar surface area (TPSA) is 33.0 Å². The van der Waals surface area contributed by atoms with E-state index in [1.54, 1.807) is 14.0 Å². The van der Waals surface area contributed by atoms with Gasteiger partial charge in [-0.05, 0) is 54.5 Å². The van der Waals surface area contributed by atoms with E-state index in [9.17, 15) is 18.4 Å². The molecule has 0 aliphatic heterocycles. The van der Waals surface area contributed by atoms with Crippen LogP contribution in [-0.2, 0) is 10.9 Å². The van der Waals surface area contributed by atoms with E-state index in [0.29, 0.717) is 17.8 Å². The number of halogens is 3. The molecule has 0 radical (unpaired) electrons. The third kappa shape index (κ3) is 5.37. The number of rotatable bonds is 6. The molecule has 0 bridgehead atoms. The van der Waals surface area contributed by atoms with Gasteiger partial charge in [0.25, 0.3) is 0 Å². The smallest absolute Gasteiger partial charge is 0.416 e. The van der Waals surface area contributed by atoms with Crippen molar-refractivity contribution < 1.29 is 17.9 Å². The molecule has 0 fully saturated rings. The van der Waals surface area contributed by atoms with Crippen molar-refractivity contribution >= 4 is 0 Å². The average Bonchev–Trinajstić information content (AvgIpc) is 2.67. The summed E-state index contributed by atoms with van der Waals surface area (Å²) in [6.45, 7) is 3.84. The summed E-state index contributed by atoms with van der Waals surface area (Å²) in [6.07, 6.45) is -2.94. The Bertz CT molecular complexity index is 845. The summed E-state index contributed by atoms with van der Waals surface area (Å²) in [5, 5.41) is 9.22. The minimum Gasteiger partial charge on any atom is -0.500 e. The molecule has 0 aromatic heterocycles. The van der Waals surface area contributed by atoms with Crippen LogP contribution in [0, 0.1) is 11.3 Å². The molecular weight excluding hydrogens is 351 g/mol. The normalized spacial score (nSPS) is 13.5. The number of methoxy groups -OCH3 is 1. The van der Waals surface area contributed by atoms with Crippen molar-refractivity contribution in [2.45, 2.75) is 38.8 Å². The Morgan fingerprint density at radius 1 is 1.11 bits per heavy atom. The predicted octanol–water partition coefficient (Wildman–Crippen LogP) is 6.70. The van der Waals surface area contributed by atoms with Crippen LogP contribution in [-0.4, -0.2) is 7.11 Å². The van der Waals surface area contributed by atoms with E-state index >= 15 is 0 Å². The highest BCUT2D eigenvalue weighted by Gasteiger charge is 2.29. The summed E-state index contributed by atoms with van der Waals surface area (Å²) >= 11 is 0. The summed E-state index contributed by atoms with van der Waals surface area (Å²) < 4.78 is 43.3. The highest BCUT2D eigenvalue weighted by molar-refractivity contribution is 5.64. The number of nitriles is 1. The van der Waals surface area contributed by atoms with Gasteiger partial charge in [0.15, 0.2) is 0 Å². The molecule has 5 heteroatoms. The van der Waals surface area contributed by atoms with Gasteiger partial charge in [-0.3, -0.25) is 0 Å². The lowest BCUT2D eigenvalue weighted by atomic mass is 9.91. The van der Waals surface area contributed by atoms with E-state index in [1.165, 1.54) is 12.1 Å². The summed E-state index contributed by atoms with van der Waals surface area (Å²) in [5.74, 6) is 0.829. The van der Waals surface area contributed by atoms with Crippen molar-refractivity contribution in [3.05, 3.63) is 71.0 Å². The van der Waals surface area contributed by atoms with Gasteiger partial charge in [-0.1, -0.05) is 43.3 Å². The molecule has 0 aliphatic carbocycles. The number of allylic oxidation sites excluding steroid dienone is 2. The monoisotopic (exact) mass is 373 g/mol. The van der Waals surface area contributed by atoms with Gasteiger partial charge < -0.3 is 4.74 Å². The second kappa shape index (κ2) is 8.77. The van der Waals surface area contributed by atoms with Gasteiger partial charge in [0.2, 0.25) is 0 Å². The molecule has 0 heterocycles. The molecule has 0 spiro atoms. The van der Waals surface area contributed by atoms with Crippen molar-refractivity contribution in [3.63, 3.8) is 0 Å². The predicted molar refractivity (Wildman–Crippen MR) is 99.9 cm³/mol. The van der Waals surface area contributed by atoms with Crippen molar-refractivity contribution in [3.8, 4) is 17.2 Å². The van der Waals surface area contributed by atoms with Crippen molar-refractivity contribution in [1.29, 1.82) is 5.26 Å². The Morgan fingerprint density at radius 2 is 1.78 bits per heavy atom. The van der Waals surface area contributed by atoms with Crippen LogP contribution in [0.3, 0.4) is 0 Å². The lowest BCUT2D eigenvalue weighted by molar-refractivity contribution is -0.137. The zero-order chi connectivity index (χ0) is 20.0. The third-order valence-corrected chi connectivity index (χ3v) is 4.69. The summed E-state index contributed by atoms with van der Waals surface area (Å²) in [4.78, 5) is 0. The summed E-state index contributed by atoms with van der Waals surface area (Å²) in [6, 6.07) is 15.1. The molecule has 0 saturated heterocycles. The van der Waals surface area contributed by atoms with E-state index in [1.807, 2.05) is 24.3 Å². The highest BCUT2D eigenvalue weighted by atomic mass is 19.4. The molecule has 2 nitrogen and oxygen atoms in total. The van der Waals surface area contributed by atoms with Crippen LogP contribution in [0.2, 0.25) is 0 Å². The van der Waals surface area contributed by atoms with Gasteiger partial charge in [0.05, 0.1) is 24.3 Å². The van der Waals surface area contributed by atoms with Crippen LogP contribution in [0.25, 0.3) is 11.1 Å². The molecule has 2 aromatic carbocycles. The minimum absolute atomic E-state index is 0.201. The number of nitrogens with zero attached hydrogens (tertiary/aromatic N) is 1. The summed E-state index contributed by atoms with van der Waals surface area (Å²) in [7, 11) is 1.55. The Labute approximate surface area is 157 Å². The first-order valence-corrected chi connectivity index (χ1v) is 8.67. The number of hydrogen-bond donors (Lipinski definition) is 0. The zero-order valence-electron chi connectivity index (χ0n) is 15.6. The fraction of sp³-hybridized carbons (Fsp3) is 0.318. The minimum atomic E-state index is -4.33. The van der Waals surface area contributed by atoms with Gasteiger partial charge in [-0.2, -0.15) is 18.4 Å².